The smallest absolute Gasteiger partial charge is 0.191 e. The van der Waals surface area contributed by atoms with Crippen molar-refractivity contribution in [2.75, 3.05) is 26.8 Å². The zero-order valence-electron chi connectivity index (χ0n) is 14.3. The number of hydrogen-bond acceptors (Lipinski definition) is 2. The Bertz CT molecular complexity index is 449. The predicted octanol–water partition coefficient (Wildman–Crippen LogP) is 3.22. The third-order valence-corrected chi connectivity index (χ3v) is 3.90. The Labute approximate surface area is 157 Å². The van der Waals surface area contributed by atoms with Crippen molar-refractivity contribution in [2.45, 2.75) is 38.6 Å². The molecule has 2 N–H and O–H groups in total. The minimum absolute atomic E-state index is 0. The molecular weight excluding hydrogens is 401 g/mol. The highest BCUT2D eigenvalue weighted by atomic mass is 127. The molecule has 0 saturated heterocycles. The molecule has 2 rings (SSSR count). The molecule has 0 amide bonds. The Kier molecular flexibility index (Phi) is 10.3. The monoisotopic (exact) mass is 431 g/mol. The molecule has 0 bridgehead atoms. The van der Waals surface area contributed by atoms with Gasteiger partial charge in [0.25, 0.3) is 0 Å². The van der Waals surface area contributed by atoms with Crippen LogP contribution >= 0.6 is 24.0 Å². The molecule has 1 atom stereocenters. The van der Waals surface area contributed by atoms with Crippen molar-refractivity contribution in [2.24, 2.45) is 10.9 Å². The van der Waals surface area contributed by atoms with E-state index in [0.29, 0.717) is 6.04 Å². The summed E-state index contributed by atoms with van der Waals surface area (Å²) in [7, 11) is 1.81. The van der Waals surface area contributed by atoms with Crippen LogP contribution in [0.3, 0.4) is 0 Å². The van der Waals surface area contributed by atoms with Crippen LogP contribution in [0, 0.1) is 5.92 Å². The van der Waals surface area contributed by atoms with E-state index in [0.717, 1.165) is 44.5 Å². The maximum atomic E-state index is 5.62. The second kappa shape index (κ2) is 11.7. The van der Waals surface area contributed by atoms with Crippen LogP contribution in [0.15, 0.2) is 35.3 Å². The maximum Gasteiger partial charge on any atom is 0.191 e. The number of halogens is 1. The number of ether oxygens (including phenoxy) is 1. The Hall–Kier alpha value is -0.820. The molecule has 0 aliphatic heterocycles. The van der Waals surface area contributed by atoms with Gasteiger partial charge in [0.05, 0.1) is 6.61 Å². The number of benzene rings is 1. The van der Waals surface area contributed by atoms with Crippen LogP contribution in [0.2, 0.25) is 0 Å². The van der Waals surface area contributed by atoms with E-state index in [-0.39, 0.29) is 24.0 Å². The number of nitrogens with zero attached hydrogens (tertiary/aromatic N) is 1. The van der Waals surface area contributed by atoms with Crippen molar-refractivity contribution < 1.29 is 4.74 Å². The second-order valence-electron chi connectivity index (χ2n) is 6.09. The lowest BCUT2D eigenvalue weighted by molar-refractivity contribution is 0.129. The van der Waals surface area contributed by atoms with Gasteiger partial charge in [0.2, 0.25) is 0 Å². The van der Waals surface area contributed by atoms with Crippen molar-refractivity contribution in [3.63, 3.8) is 0 Å². The highest BCUT2D eigenvalue weighted by molar-refractivity contribution is 14.0. The van der Waals surface area contributed by atoms with Crippen molar-refractivity contribution >= 4 is 29.9 Å². The van der Waals surface area contributed by atoms with Crippen LogP contribution in [0.4, 0.5) is 0 Å². The standard InChI is InChI=1S/C18H29N3O.HI/c1-15(8-9-16-6-4-3-5-7-16)21-18(19-2)20-12-13-22-14-17-10-11-17;/h3-7,15,17H,8-14H2,1-2H3,(H2,19,20,21);1H. The van der Waals surface area contributed by atoms with Crippen molar-refractivity contribution in [1.29, 1.82) is 0 Å². The number of guanidine groups is 1. The van der Waals surface area contributed by atoms with Gasteiger partial charge in [0.1, 0.15) is 0 Å². The van der Waals surface area contributed by atoms with Gasteiger partial charge in [-0.25, -0.2) is 0 Å². The summed E-state index contributed by atoms with van der Waals surface area (Å²) in [4.78, 5) is 4.27. The minimum Gasteiger partial charge on any atom is -0.379 e. The van der Waals surface area contributed by atoms with Crippen LogP contribution in [0.5, 0.6) is 0 Å². The third kappa shape index (κ3) is 9.15. The summed E-state index contributed by atoms with van der Waals surface area (Å²) in [5.41, 5.74) is 1.38. The molecule has 130 valence electrons. The summed E-state index contributed by atoms with van der Waals surface area (Å²) in [5, 5.41) is 6.74. The van der Waals surface area contributed by atoms with E-state index in [1.54, 1.807) is 0 Å². The lowest BCUT2D eigenvalue weighted by Gasteiger charge is -2.18. The third-order valence-electron chi connectivity index (χ3n) is 3.90. The van der Waals surface area contributed by atoms with Crippen LogP contribution < -0.4 is 10.6 Å². The number of rotatable bonds is 9. The van der Waals surface area contributed by atoms with Gasteiger partial charge < -0.3 is 15.4 Å². The fraction of sp³-hybridized carbons (Fsp3) is 0.611. The molecule has 23 heavy (non-hydrogen) atoms. The number of aryl methyl sites for hydroxylation is 1. The summed E-state index contributed by atoms with van der Waals surface area (Å²) < 4.78 is 5.62. The number of hydrogen-bond donors (Lipinski definition) is 2. The molecule has 1 aliphatic rings. The zero-order chi connectivity index (χ0) is 15.6. The second-order valence-corrected chi connectivity index (χ2v) is 6.09. The average Bonchev–Trinajstić information content (AvgIpc) is 3.36. The SMILES string of the molecule is CN=C(NCCOCC1CC1)NC(C)CCc1ccccc1.I. The van der Waals surface area contributed by atoms with E-state index in [9.17, 15) is 0 Å². The highest BCUT2D eigenvalue weighted by Crippen LogP contribution is 2.28. The molecule has 1 unspecified atom stereocenters. The quantitative estimate of drug-likeness (QED) is 0.273. The van der Waals surface area contributed by atoms with Gasteiger partial charge in [-0.05, 0) is 44.1 Å². The van der Waals surface area contributed by atoms with Gasteiger partial charge in [-0.1, -0.05) is 30.3 Å². The minimum atomic E-state index is 0. The summed E-state index contributed by atoms with van der Waals surface area (Å²) in [6.45, 7) is 4.66. The van der Waals surface area contributed by atoms with Crippen molar-refractivity contribution in [1.82, 2.24) is 10.6 Å². The van der Waals surface area contributed by atoms with Gasteiger partial charge in [0, 0.05) is 26.2 Å². The Balaban J connectivity index is 0.00000264. The van der Waals surface area contributed by atoms with Crippen LogP contribution in [0.1, 0.15) is 31.7 Å². The average molecular weight is 431 g/mol. The van der Waals surface area contributed by atoms with Gasteiger partial charge in [-0.3, -0.25) is 4.99 Å². The number of aliphatic imine (C=N–C) groups is 1. The molecule has 1 aromatic rings. The topological polar surface area (TPSA) is 45.7 Å². The summed E-state index contributed by atoms with van der Waals surface area (Å²) in [6, 6.07) is 11.0. The van der Waals surface area contributed by atoms with E-state index < -0.39 is 0 Å². The first-order chi connectivity index (χ1) is 10.8. The molecule has 0 radical (unpaired) electrons. The van der Waals surface area contributed by atoms with Crippen molar-refractivity contribution in [3.05, 3.63) is 35.9 Å². The lowest BCUT2D eigenvalue weighted by Crippen LogP contribution is -2.43. The normalized spacial score (nSPS) is 15.7. The molecule has 5 heteroatoms. The van der Waals surface area contributed by atoms with Gasteiger partial charge in [0.15, 0.2) is 5.96 Å². The van der Waals surface area contributed by atoms with E-state index in [4.69, 9.17) is 4.74 Å². The maximum absolute atomic E-state index is 5.62. The fourth-order valence-corrected chi connectivity index (χ4v) is 2.30. The Morgan fingerprint density at radius 2 is 2.04 bits per heavy atom. The first kappa shape index (κ1) is 20.2. The Morgan fingerprint density at radius 1 is 1.30 bits per heavy atom. The van der Waals surface area contributed by atoms with Crippen LogP contribution in [-0.2, 0) is 11.2 Å². The number of nitrogens with one attached hydrogen (secondary N) is 2. The van der Waals surface area contributed by atoms with E-state index in [1.807, 2.05) is 7.05 Å². The van der Waals surface area contributed by atoms with E-state index in [1.165, 1.54) is 18.4 Å². The molecule has 1 aromatic carbocycles. The van der Waals surface area contributed by atoms with Crippen LogP contribution in [-0.4, -0.2) is 38.8 Å². The predicted molar refractivity (Wildman–Crippen MR) is 108 cm³/mol. The molecule has 0 aromatic heterocycles. The molecule has 1 saturated carbocycles. The molecule has 4 nitrogen and oxygen atoms in total. The fourth-order valence-electron chi connectivity index (χ4n) is 2.30. The summed E-state index contributed by atoms with van der Waals surface area (Å²) >= 11 is 0. The lowest BCUT2D eigenvalue weighted by atomic mass is 10.1. The first-order valence-corrected chi connectivity index (χ1v) is 8.36. The Morgan fingerprint density at radius 3 is 2.70 bits per heavy atom. The van der Waals surface area contributed by atoms with E-state index in [2.05, 4.69) is 52.9 Å². The van der Waals surface area contributed by atoms with Gasteiger partial charge in [-0.15, -0.1) is 24.0 Å². The molecule has 0 heterocycles. The largest absolute Gasteiger partial charge is 0.379 e. The highest BCUT2D eigenvalue weighted by Gasteiger charge is 2.20. The molecule has 0 spiro atoms. The van der Waals surface area contributed by atoms with Gasteiger partial charge >= 0.3 is 0 Å². The summed E-state index contributed by atoms with van der Waals surface area (Å²) in [6.07, 6.45) is 4.85. The van der Waals surface area contributed by atoms with Gasteiger partial charge in [-0.2, -0.15) is 0 Å². The molecule has 1 aliphatic carbocycles. The van der Waals surface area contributed by atoms with E-state index >= 15 is 0 Å². The van der Waals surface area contributed by atoms with Crippen molar-refractivity contribution in [3.8, 4) is 0 Å². The van der Waals surface area contributed by atoms with Crippen LogP contribution in [0.25, 0.3) is 0 Å². The first-order valence-electron chi connectivity index (χ1n) is 8.36. The zero-order valence-corrected chi connectivity index (χ0v) is 16.6. The summed E-state index contributed by atoms with van der Waals surface area (Å²) in [5.74, 6) is 1.69. The molecular formula is C18H30IN3O. The molecule has 1 fully saturated rings.